The standard InChI is InChI=1S/C16H20Br2Cl3N3OS/c1-3-4-5-6-12(25)22-14(16(19,20)21)24-15(26)23-13-10(17)7-9(2)8-11(13)18/h7-8,14H,3-6H2,1-2H3,(H,22,25)(H2,23,24,26)/t14-/m0/s1. The van der Waals surface area contributed by atoms with E-state index in [0.29, 0.717) is 6.42 Å². The van der Waals surface area contributed by atoms with Crippen LogP contribution in [0.5, 0.6) is 0 Å². The molecule has 0 aliphatic heterocycles. The summed E-state index contributed by atoms with van der Waals surface area (Å²) >= 11 is 30.2. The molecule has 0 aromatic heterocycles. The van der Waals surface area contributed by atoms with Gasteiger partial charge in [-0.2, -0.15) is 0 Å². The average Bonchev–Trinajstić information content (AvgIpc) is 2.49. The van der Waals surface area contributed by atoms with Gasteiger partial charge >= 0.3 is 0 Å². The molecule has 0 fully saturated rings. The Morgan fingerprint density at radius 1 is 1.19 bits per heavy atom. The maximum atomic E-state index is 12.1. The van der Waals surface area contributed by atoms with E-state index in [1.165, 1.54) is 0 Å². The number of carbonyl (C=O) groups is 1. The summed E-state index contributed by atoms with van der Waals surface area (Å²) in [5, 5.41) is 8.76. The summed E-state index contributed by atoms with van der Waals surface area (Å²) in [4.78, 5) is 12.1. The first kappa shape index (κ1) is 24.2. The van der Waals surface area contributed by atoms with Gasteiger partial charge in [0.25, 0.3) is 0 Å². The Morgan fingerprint density at radius 2 is 1.77 bits per heavy atom. The van der Waals surface area contributed by atoms with E-state index in [4.69, 9.17) is 47.0 Å². The van der Waals surface area contributed by atoms with Crippen LogP contribution in [0.15, 0.2) is 21.1 Å². The Bertz CT molecular complexity index is 633. The molecule has 0 spiro atoms. The van der Waals surface area contributed by atoms with Crippen molar-refractivity contribution in [2.75, 3.05) is 5.32 Å². The van der Waals surface area contributed by atoms with Crippen LogP contribution in [0.4, 0.5) is 5.69 Å². The Balaban J connectivity index is 2.76. The first-order chi connectivity index (χ1) is 12.0. The number of anilines is 1. The number of rotatable bonds is 7. The van der Waals surface area contributed by atoms with Gasteiger partial charge in [0.15, 0.2) is 5.11 Å². The SMILES string of the molecule is CCCCCC(=O)N[C@@H](NC(=S)Nc1c(Br)cc(C)cc1Br)C(Cl)(Cl)Cl. The molecule has 10 heteroatoms. The normalized spacial score (nSPS) is 12.4. The molecule has 0 aliphatic carbocycles. The quantitative estimate of drug-likeness (QED) is 0.159. The van der Waals surface area contributed by atoms with Gasteiger partial charge in [-0.1, -0.05) is 54.6 Å². The number of alkyl halides is 3. The molecule has 3 N–H and O–H groups in total. The molecular weight excluding hydrogens is 548 g/mol. The number of nitrogens with one attached hydrogen (secondary N) is 3. The lowest BCUT2D eigenvalue weighted by atomic mass is 10.2. The third-order valence-corrected chi connectivity index (χ3v) is 5.47. The number of benzene rings is 1. The van der Waals surface area contributed by atoms with Crippen molar-refractivity contribution in [3.63, 3.8) is 0 Å². The zero-order valence-corrected chi connectivity index (χ0v) is 20.5. The Hall–Kier alpha value is 0.210. The fourth-order valence-electron chi connectivity index (χ4n) is 2.07. The molecule has 0 saturated heterocycles. The van der Waals surface area contributed by atoms with Gasteiger partial charge in [-0.25, -0.2) is 0 Å². The van der Waals surface area contributed by atoms with Crippen molar-refractivity contribution in [2.24, 2.45) is 0 Å². The second-order valence-corrected chi connectivity index (χ2v) is 10.2. The van der Waals surface area contributed by atoms with Crippen molar-refractivity contribution >= 4 is 95.6 Å². The number of halogens is 5. The topological polar surface area (TPSA) is 53.2 Å². The summed E-state index contributed by atoms with van der Waals surface area (Å²) < 4.78 is -0.126. The van der Waals surface area contributed by atoms with E-state index in [1.54, 1.807) is 0 Å². The number of carbonyl (C=O) groups excluding carboxylic acids is 1. The molecule has 1 amide bonds. The van der Waals surface area contributed by atoms with E-state index in [2.05, 4.69) is 54.7 Å². The molecule has 0 aliphatic rings. The first-order valence-corrected chi connectivity index (χ1v) is 11.1. The number of thiocarbonyl (C=S) groups is 1. The number of hydrogen-bond donors (Lipinski definition) is 3. The number of unbranched alkanes of at least 4 members (excludes halogenated alkanes) is 2. The fraction of sp³-hybridized carbons (Fsp3) is 0.500. The second kappa shape index (κ2) is 11.3. The molecule has 146 valence electrons. The molecular formula is C16H20Br2Cl3N3OS. The van der Waals surface area contributed by atoms with Gasteiger partial charge < -0.3 is 16.0 Å². The highest BCUT2D eigenvalue weighted by molar-refractivity contribution is 9.11. The minimum absolute atomic E-state index is 0.206. The first-order valence-electron chi connectivity index (χ1n) is 7.93. The molecule has 0 saturated carbocycles. The molecule has 1 aromatic rings. The predicted octanol–water partition coefficient (Wildman–Crippen LogP) is 6.20. The molecule has 1 rings (SSSR count). The van der Waals surface area contributed by atoms with E-state index >= 15 is 0 Å². The minimum atomic E-state index is -1.77. The van der Waals surface area contributed by atoms with Gasteiger partial charge in [-0.05, 0) is 75.1 Å². The molecule has 4 nitrogen and oxygen atoms in total. The Morgan fingerprint density at radius 3 is 2.27 bits per heavy atom. The Labute approximate surface area is 191 Å². The average molecular weight is 569 g/mol. The number of hydrogen-bond acceptors (Lipinski definition) is 2. The van der Waals surface area contributed by atoms with E-state index in [-0.39, 0.29) is 11.0 Å². The smallest absolute Gasteiger partial charge is 0.228 e. The van der Waals surface area contributed by atoms with Crippen molar-refractivity contribution in [2.45, 2.75) is 49.5 Å². The lowest BCUT2D eigenvalue weighted by molar-refractivity contribution is -0.122. The van der Waals surface area contributed by atoms with Gasteiger partial charge in [0.1, 0.15) is 6.17 Å². The van der Waals surface area contributed by atoms with Gasteiger partial charge in [0.05, 0.1) is 5.69 Å². The summed E-state index contributed by atoms with van der Waals surface area (Å²) in [7, 11) is 0. The van der Waals surface area contributed by atoms with Crippen LogP contribution in [0, 0.1) is 6.92 Å². The van der Waals surface area contributed by atoms with Crippen LogP contribution in [-0.4, -0.2) is 21.0 Å². The molecule has 1 atom stereocenters. The zero-order valence-electron chi connectivity index (χ0n) is 14.3. The summed E-state index contributed by atoms with van der Waals surface area (Å²) in [5.41, 5.74) is 1.80. The highest BCUT2D eigenvalue weighted by atomic mass is 79.9. The van der Waals surface area contributed by atoms with Crippen LogP contribution in [0.25, 0.3) is 0 Å². The zero-order chi connectivity index (χ0) is 19.9. The molecule has 26 heavy (non-hydrogen) atoms. The number of aryl methyl sites for hydroxylation is 1. The van der Waals surface area contributed by atoms with E-state index in [1.807, 2.05) is 19.1 Å². The van der Waals surface area contributed by atoms with Crippen molar-refractivity contribution in [3.05, 3.63) is 26.6 Å². The highest BCUT2D eigenvalue weighted by Gasteiger charge is 2.34. The molecule has 0 radical (unpaired) electrons. The largest absolute Gasteiger partial charge is 0.339 e. The van der Waals surface area contributed by atoms with Crippen molar-refractivity contribution in [1.29, 1.82) is 0 Å². The summed E-state index contributed by atoms with van der Waals surface area (Å²) in [5.74, 6) is -0.206. The molecule has 1 aromatic carbocycles. The Kier molecular flexibility index (Phi) is 10.5. The summed E-state index contributed by atoms with van der Waals surface area (Å²) in [6.45, 7) is 4.04. The van der Waals surface area contributed by atoms with Crippen LogP contribution in [0.2, 0.25) is 0 Å². The maximum Gasteiger partial charge on any atom is 0.228 e. The van der Waals surface area contributed by atoms with Crippen LogP contribution < -0.4 is 16.0 Å². The minimum Gasteiger partial charge on any atom is -0.339 e. The summed E-state index contributed by atoms with van der Waals surface area (Å²) in [6, 6.07) is 3.88. The third-order valence-electron chi connectivity index (χ3n) is 3.34. The van der Waals surface area contributed by atoms with Gasteiger partial charge in [0, 0.05) is 15.4 Å². The van der Waals surface area contributed by atoms with Crippen molar-refractivity contribution < 1.29 is 4.79 Å². The third kappa shape index (κ3) is 8.48. The molecule has 0 heterocycles. The van der Waals surface area contributed by atoms with E-state index < -0.39 is 9.96 Å². The van der Waals surface area contributed by atoms with Gasteiger partial charge in [-0.15, -0.1) is 0 Å². The molecule has 0 bridgehead atoms. The predicted molar refractivity (Wildman–Crippen MR) is 122 cm³/mol. The monoisotopic (exact) mass is 565 g/mol. The van der Waals surface area contributed by atoms with Crippen LogP contribution in [0.1, 0.15) is 38.2 Å². The fourth-order valence-corrected chi connectivity index (χ4v) is 4.23. The highest BCUT2D eigenvalue weighted by Crippen LogP contribution is 2.33. The molecule has 0 unspecified atom stereocenters. The van der Waals surface area contributed by atoms with Crippen LogP contribution in [-0.2, 0) is 4.79 Å². The lowest BCUT2D eigenvalue weighted by Gasteiger charge is -2.28. The van der Waals surface area contributed by atoms with Crippen LogP contribution >= 0.6 is 78.9 Å². The van der Waals surface area contributed by atoms with Gasteiger partial charge in [-0.3, -0.25) is 4.79 Å². The van der Waals surface area contributed by atoms with Crippen molar-refractivity contribution in [1.82, 2.24) is 10.6 Å². The summed E-state index contributed by atoms with van der Waals surface area (Å²) in [6.07, 6.45) is 2.16. The van der Waals surface area contributed by atoms with Gasteiger partial charge in [0.2, 0.25) is 9.70 Å². The van der Waals surface area contributed by atoms with E-state index in [9.17, 15) is 4.79 Å². The maximum absolute atomic E-state index is 12.1. The van der Waals surface area contributed by atoms with Crippen molar-refractivity contribution in [3.8, 4) is 0 Å². The number of amides is 1. The second-order valence-electron chi connectivity index (χ2n) is 5.70. The van der Waals surface area contributed by atoms with Crippen LogP contribution in [0.3, 0.4) is 0 Å². The van der Waals surface area contributed by atoms with E-state index in [0.717, 1.165) is 39.5 Å². The lowest BCUT2D eigenvalue weighted by Crippen LogP contribution is -2.56.